The van der Waals surface area contributed by atoms with Gasteiger partial charge in [-0.05, 0) is 30.3 Å². The molecule has 1 heterocycles. The van der Waals surface area contributed by atoms with Crippen LogP contribution in [-0.2, 0) is 0 Å². The van der Waals surface area contributed by atoms with Crippen LogP contribution in [0.4, 0.5) is 0 Å². The molecule has 0 bridgehead atoms. The van der Waals surface area contributed by atoms with E-state index in [9.17, 15) is 0 Å². The van der Waals surface area contributed by atoms with E-state index in [1.165, 1.54) is 0 Å². The monoisotopic (exact) mass is 308 g/mol. The standard InChI is InChI=1S/C14H7Cl3N2/c15-9-5-8(6-10(16)7-9)14-18-12-4-2-1-3-11(12)13(17)19-14/h1-7H. The summed E-state index contributed by atoms with van der Waals surface area (Å²) in [5, 5.41) is 2.31. The van der Waals surface area contributed by atoms with Gasteiger partial charge in [0.15, 0.2) is 5.82 Å². The van der Waals surface area contributed by atoms with Crippen LogP contribution in [0.5, 0.6) is 0 Å². The predicted molar refractivity (Wildman–Crippen MR) is 80.0 cm³/mol. The molecule has 0 amide bonds. The van der Waals surface area contributed by atoms with Gasteiger partial charge in [-0.1, -0.05) is 46.9 Å². The summed E-state index contributed by atoms with van der Waals surface area (Å²) in [7, 11) is 0. The summed E-state index contributed by atoms with van der Waals surface area (Å²) < 4.78 is 0. The van der Waals surface area contributed by atoms with Crippen LogP contribution in [-0.4, -0.2) is 9.97 Å². The lowest BCUT2D eigenvalue weighted by atomic mass is 10.2. The van der Waals surface area contributed by atoms with Gasteiger partial charge in [0.05, 0.1) is 5.52 Å². The molecule has 0 atom stereocenters. The van der Waals surface area contributed by atoms with Crippen LogP contribution >= 0.6 is 34.8 Å². The Morgan fingerprint density at radius 3 is 2.21 bits per heavy atom. The Morgan fingerprint density at radius 2 is 1.47 bits per heavy atom. The van der Waals surface area contributed by atoms with Crippen molar-refractivity contribution in [3.8, 4) is 11.4 Å². The van der Waals surface area contributed by atoms with Gasteiger partial charge in [0.2, 0.25) is 0 Å². The molecule has 2 nitrogen and oxygen atoms in total. The van der Waals surface area contributed by atoms with Gasteiger partial charge in [-0.15, -0.1) is 0 Å². The van der Waals surface area contributed by atoms with Crippen LogP contribution in [0.1, 0.15) is 0 Å². The predicted octanol–water partition coefficient (Wildman–Crippen LogP) is 5.26. The average molecular weight is 310 g/mol. The largest absolute Gasteiger partial charge is 0.228 e. The van der Waals surface area contributed by atoms with Crippen LogP contribution in [0.3, 0.4) is 0 Å². The zero-order valence-corrected chi connectivity index (χ0v) is 11.8. The van der Waals surface area contributed by atoms with E-state index in [1.807, 2.05) is 24.3 Å². The highest BCUT2D eigenvalue weighted by atomic mass is 35.5. The van der Waals surface area contributed by atoms with Crippen molar-refractivity contribution in [2.24, 2.45) is 0 Å². The molecule has 5 heteroatoms. The van der Waals surface area contributed by atoms with E-state index >= 15 is 0 Å². The fourth-order valence-electron chi connectivity index (χ4n) is 1.85. The first-order valence-electron chi connectivity index (χ1n) is 5.52. The second kappa shape index (κ2) is 4.97. The van der Waals surface area contributed by atoms with Crippen molar-refractivity contribution in [1.82, 2.24) is 9.97 Å². The minimum atomic E-state index is 0.414. The number of benzene rings is 2. The normalized spacial score (nSPS) is 10.9. The van der Waals surface area contributed by atoms with E-state index in [2.05, 4.69) is 9.97 Å². The highest BCUT2D eigenvalue weighted by Gasteiger charge is 2.09. The highest BCUT2D eigenvalue weighted by Crippen LogP contribution is 2.28. The second-order valence-electron chi connectivity index (χ2n) is 4.01. The van der Waals surface area contributed by atoms with Crippen LogP contribution in [0, 0.1) is 0 Å². The number of rotatable bonds is 1. The minimum absolute atomic E-state index is 0.414. The number of hydrogen-bond acceptors (Lipinski definition) is 2. The van der Waals surface area contributed by atoms with E-state index in [4.69, 9.17) is 34.8 Å². The number of hydrogen-bond donors (Lipinski definition) is 0. The topological polar surface area (TPSA) is 25.8 Å². The molecule has 1 aromatic heterocycles. The van der Waals surface area contributed by atoms with Gasteiger partial charge in [0.25, 0.3) is 0 Å². The number of halogens is 3. The van der Waals surface area contributed by atoms with Crippen molar-refractivity contribution in [2.75, 3.05) is 0 Å². The summed E-state index contributed by atoms with van der Waals surface area (Å²) >= 11 is 18.1. The van der Waals surface area contributed by atoms with Crippen LogP contribution < -0.4 is 0 Å². The van der Waals surface area contributed by atoms with E-state index in [1.54, 1.807) is 18.2 Å². The number of para-hydroxylation sites is 1. The maximum absolute atomic E-state index is 6.17. The minimum Gasteiger partial charge on any atom is -0.228 e. The first-order chi connectivity index (χ1) is 9.13. The fraction of sp³-hybridized carbons (Fsp3) is 0. The van der Waals surface area contributed by atoms with Gasteiger partial charge in [-0.25, -0.2) is 9.97 Å². The van der Waals surface area contributed by atoms with Gasteiger partial charge in [0.1, 0.15) is 5.15 Å². The molecule has 2 aromatic carbocycles. The smallest absolute Gasteiger partial charge is 0.161 e. The quantitative estimate of drug-likeness (QED) is 0.573. The molecule has 0 fully saturated rings. The Balaban J connectivity index is 2.25. The van der Waals surface area contributed by atoms with E-state index in [0.717, 1.165) is 16.5 Å². The van der Waals surface area contributed by atoms with Crippen molar-refractivity contribution >= 4 is 45.7 Å². The Bertz CT molecular complexity index is 751. The molecule has 0 saturated heterocycles. The third-order valence-electron chi connectivity index (χ3n) is 2.68. The van der Waals surface area contributed by atoms with Gasteiger partial charge < -0.3 is 0 Å². The summed E-state index contributed by atoms with van der Waals surface area (Å²) in [4.78, 5) is 8.77. The lowest BCUT2D eigenvalue weighted by Gasteiger charge is -2.05. The van der Waals surface area contributed by atoms with E-state index in [0.29, 0.717) is 21.0 Å². The van der Waals surface area contributed by atoms with Crippen molar-refractivity contribution in [2.45, 2.75) is 0 Å². The zero-order chi connectivity index (χ0) is 13.4. The van der Waals surface area contributed by atoms with E-state index < -0.39 is 0 Å². The molecule has 0 aliphatic heterocycles. The lowest BCUT2D eigenvalue weighted by Crippen LogP contribution is -1.91. The molecular weight excluding hydrogens is 303 g/mol. The Labute approximate surface area is 125 Å². The van der Waals surface area contributed by atoms with Crippen LogP contribution in [0.15, 0.2) is 42.5 Å². The molecule has 0 aliphatic rings. The Morgan fingerprint density at radius 1 is 0.789 bits per heavy atom. The Kier molecular flexibility index (Phi) is 3.31. The maximum atomic E-state index is 6.17. The molecule has 0 radical (unpaired) electrons. The average Bonchev–Trinajstić information content (AvgIpc) is 2.37. The van der Waals surface area contributed by atoms with Gasteiger partial charge in [-0.3, -0.25) is 0 Å². The number of aromatic nitrogens is 2. The molecule has 0 spiro atoms. The molecule has 94 valence electrons. The summed E-state index contributed by atoms with van der Waals surface area (Å²) in [6.07, 6.45) is 0. The van der Waals surface area contributed by atoms with E-state index in [-0.39, 0.29) is 0 Å². The molecule has 19 heavy (non-hydrogen) atoms. The summed E-state index contributed by atoms with van der Waals surface area (Å²) in [6, 6.07) is 12.7. The van der Waals surface area contributed by atoms with Crippen molar-refractivity contribution < 1.29 is 0 Å². The second-order valence-corrected chi connectivity index (χ2v) is 5.24. The summed E-state index contributed by atoms with van der Waals surface area (Å²) in [6.45, 7) is 0. The molecule has 3 rings (SSSR count). The highest BCUT2D eigenvalue weighted by molar-refractivity contribution is 6.35. The fourth-order valence-corrected chi connectivity index (χ4v) is 2.62. The number of nitrogens with zero attached hydrogens (tertiary/aromatic N) is 2. The molecule has 0 N–H and O–H groups in total. The molecule has 0 saturated carbocycles. The van der Waals surface area contributed by atoms with Crippen molar-refractivity contribution in [3.63, 3.8) is 0 Å². The third-order valence-corrected chi connectivity index (χ3v) is 3.40. The summed E-state index contributed by atoms with van der Waals surface area (Å²) in [5.41, 5.74) is 1.53. The SMILES string of the molecule is Clc1cc(Cl)cc(-c2nc(Cl)c3ccccc3n2)c1. The van der Waals surface area contributed by atoms with Crippen LogP contribution in [0.2, 0.25) is 15.2 Å². The summed E-state index contributed by atoms with van der Waals surface area (Å²) in [5.74, 6) is 0.508. The van der Waals surface area contributed by atoms with Crippen molar-refractivity contribution in [1.29, 1.82) is 0 Å². The van der Waals surface area contributed by atoms with Gasteiger partial charge in [0, 0.05) is 21.0 Å². The van der Waals surface area contributed by atoms with Gasteiger partial charge >= 0.3 is 0 Å². The maximum Gasteiger partial charge on any atom is 0.161 e. The molecular formula is C14H7Cl3N2. The first-order valence-corrected chi connectivity index (χ1v) is 6.65. The lowest BCUT2D eigenvalue weighted by molar-refractivity contribution is 1.23. The third kappa shape index (κ3) is 2.52. The van der Waals surface area contributed by atoms with Crippen LogP contribution in [0.25, 0.3) is 22.3 Å². The first kappa shape index (κ1) is 12.7. The van der Waals surface area contributed by atoms with Gasteiger partial charge in [-0.2, -0.15) is 0 Å². The van der Waals surface area contributed by atoms with Crippen molar-refractivity contribution in [3.05, 3.63) is 57.7 Å². The number of fused-ring (bicyclic) bond motifs is 1. The molecule has 0 unspecified atom stereocenters. The molecule has 3 aromatic rings. The molecule has 0 aliphatic carbocycles. The zero-order valence-electron chi connectivity index (χ0n) is 9.57. The Hall–Kier alpha value is -1.35.